The molecule has 0 aliphatic carbocycles. The third-order valence-electron chi connectivity index (χ3n) is 6.78. The zero-order valence-corrected chi connectivity index (χ0v) is 20.3. The molecular formula is C32H34. The minimum Gasteiger partial charge on any atom is -0.0614 e. The van der Waals surface area contributed by atoms with Crippen LogP contribution in [0.15, 0.2) is 72.8 Å². The Hall–Kier alpha value is -3.12. The van der Waals surface area contributed by atoms with Crippen molar-refractivity contribution < 1.29 is 0 Å². The lowest BCUT2D eigenvalue weighted by atomic mass is 9.85. The molecule has 0 N–H and O–H groups in total. The Morgan fingerprint density at radius 3 is 1.72 bits per heavy atom. The molecule has 0 heterocycles. The number of hydrogen-bond donors (Lipinski definition) is 0. The Bertz CT molecular complexity index is 1270. The van der Waals surface area contributed by atoms with Crippen molar-refractivity contribution in [3.8, 4) is 22.3 Å². The maximum Gasteiger partial charge on any atom is -0.00108 e. The van der Waals surface area contributed by atoms with E-state index in [1.54, 1.807) is 0 Å². The number of benzene rings is 4. The summed E-state index contributed by atoms with van der Waals surface area (Å²) < 4.78 is 0. The van der Waals surface area contributed by atoms with Gasteiger partial charge in [0, 0.05) is 0 Å². The SMILES string of the molecule is CCc1c(C)cccc1-c1cccc(C)c1Cc1ccc(C)cc1-c1cc(C)ccc1C. The molecule has 0 bridgehead atoms. The highest BCUT2D eigenvalue weighted by Gasteiger charge is 2.16. The Morgan fingerprint density at radius 1 is 0.500 bits per heavy atom. The van der Waals surface area contributed by atoms with Gasteiger partial charge in [-0.3, -0.25) is 0 Å². The minimum atomic E-state index is 0.933. The lowest BCUT2D eigenvalue weighted by Gasteiger charge is -2.19. The van der Waals surface area contributed by atoms with E-state index in [1.807, 2.05) is 0 Å². The lowest BCUT2D eigenvalue weighted by Crippen LogP contribution is -2.01. The second-order valence-corrected chi connectivity index (χ2v) is 9.21. The van der Waals surface area contributed by atoms with E-state index in [1.165, 1.54) is 66.8 Å². The van der Waals surface area contributed by atoms with Crippen molar-refractivity contribution in [3.63, 3.8) is 0 Å². The second-order valence-electron chi connectivity index (χ2n) is 9.21. The highest BCUT2D eigenvalue weighted by molar-refractivity contribution is 5.76. The average molecular weight is 419 g/mol. The fourth-order valence-electron chi connectivity index (χ4n) is 4.92. The summed E-state index contributed by atoms with van der Waals surface area (Å²) in [5, 5.41) is 0. The van der Waals surface area contributed by atoms with Crippen LogP contribution in [-0.2, 0) is 12.8 Å². The highest BCUT2D eigenvalue weighted by Crippen LogP contribution is 2.35. The number of rotatable bonds is 5. The van der Waals surface area contributed by atoms with Gasteiger partial charge in [0.1, 0.15) is 0 Å². The van der Waals surface area contributed by atoms with Crippen LogP contribution in [0.4, 0.5) is 0 Å². The minimum absolute atomic E-state index is 0.933. The quantitative estimate of drug-likeness (QED) is 0.304. The summed E-state index contributed by atoms with van der Waals surface area (Å²) in [5.74, 6) is 0. The first kappa shape index (κ1) is 22.1. The molecule has 0 atom stereocenters. The van der Waals surface area contributed by atoms with Crippen LogP contribution in [0.1, 0.15) is 51.4 Å². The lowest BCUT2D eigenvalue weighted by molar-refractivity contribution is 1.10. The summed E-state index contributed by atoms with van der Waals surface area (Å²) in [4.78, 5) is 0. The average Bonchev–Trinajstić information content (AvgIpc) is 2.77. The molecule has 0 unspecified atom stereocenters. The Morgan fingerprint density at radius 2 is 1.06 bits per heavy atom. The van der Waals surface area contributed by atoms with Crippen LogP contribution < -0.4 is 0 Å². The van der Waals surface area contributed by atoms with Crippen molar-refractivity contribution in [3.05, 3.63) is 117 Å². The molecule has 162 valence electrons. The number of hydrogen-bond acceptors (Lipinski definition) is 0. The van der Waals surface area contributed by atoms with E-state index in [9.17, 15) is 0 Å². The van der Waals surface area contributed by atoms with Gasteiger partial charge < -0.3 is 0 Å². The van der Waals surface area contributed by atoms with Gasteiger partial charge in [-0.05, 0) is 103 Å². The maximum atomic E-state index is 2.36. The van der Waals surface area contributed by atoms with Gasteiger partial charge in [0.25, 0.3) is 0 Å². The Balaban J connectivity index is 1.89. The van der Waals surface area contributed by atoms with E-state index in [0.29, 0.717) is 0 Å². The summed E-state index contributed by atoms with van der Waals surface area (Å²) in [6.07, 6.45) is 1.98. The summed E-state index contributed by atoms with van der Waals surface area (Å²) in [5.41, 5.74) is 16.4. The Labute approximate surface area is 194 Å². The number of aryl methyl sites for hydroxylation is 5. The molecule has 4 rings (SSSR count). The van der Waals surface area contributed by atoms with Crippen LogP contribution in [0.25, 0.3) is 22.3 Å². The van der Waals surface area contributed by atoms with Crippen molar-refractivity contribution >= 4 is 0 Å². The molecule has 0 saturated carbocycles. The molecule has 0 saturated heterocycles. The smallest absolute Gasteiger partial charge is 0.00108 e. The van der Waals surface area contributed by atoms with E-state index in [0.717, 1.165) is 12.8 Å². The zero-order chi connectivity index (χ0) is 22.8. The third kappa shape index (κ3) is 4.28. The second kappa shape index (κ2) is 9.17. The van der Waals surface area contributed by atoms with Crippen LogP contribution >= 0.6 is 0 Å². The fraction of sp³-hybridized carbons (Fsp3) is 0.250. The van der Waals surface area contributed by atoms with Crippen LogP contribution in [0, 0.1) is 34.6 Å². The summed E-state index contributed by atoms with van der Waals surface area (Å²) in [6.45, 7) is 13.3. The first-order chi connectivity index (χ1) is 15.4. The van der Waals surface area contributed by atoms with Crippen molar-refractivity contribution in [2.75, 3.05) is 0 Å². The molecule has 32 heavy (non-hydrogen) atoms. The molecule has 0 nitrogen and oxygen atoms in total. The van der Waals surface area contributed by atoms with Crippen molar-refractivity contribution in [1.29, 1.82) is 0 Å². The van der Waals surface area contributed by atoms with Gasteiger partial charge in [0.05, 0.1) is 0 Å². The molecule has 0 aliphatic heterocycles. The summed E-state index contributed by atoms with van der Waals surface area (Å²) >= 11 is 0. The normalized spacial score (nSPS) is 11.1. The Kier molecular flexibility index (Phi) is 6.33. The van der Waals surface area contributed by atoms with E-state index < -0.39 is 0 Å². The molecule has 0 aliphatic rings. The molecule has 0 aromatic heterocycles. The largest absolute Gasteiger partial charge is 0.0614 e. The molecule has 4 aromatic carbocycles. The first-order valence-corrected chi connectivity index (χ1v) is 11.7. The van der Waals surface area contributed by atoms with Gasteiger partial charge in [-0.15, -0.1) is 0 Å². The van der Waals surface area contributed by atoms with Crippen LogP contribution in [0.3, 0.4) is 0 Å². The predicted octanol–water partition coefficient (Wildman–Crippen LogP) is 8.72. The molecule has 4 aromatic rings. The van der Waals surface area contributed by atoms with E-state index in [4.69, 9.17) is 0 Å². The molecule has 0 amide bonds. The summed E-state index contributed by atoms with van der Waals surface area (Å²) in [6, 6.07) is 27.2. The van der Waals surface area contributed by atoms with Gasteiger partial charge in [-0.25, -0.2) is 0 Å². The zero-order valence-electron chi connectivity index (χ0n) is 20.3. The van der Waals surface area contributed by atoms with Crippen molar-refractivity contribution in [2.24, 2.45) is 0 Å². The van der Waals surface area contributed by atoms with Crippen molar-refractivity contribution in [2.45, 2.75) is 54.4 Å². The molecule has 0 heteroatoms. The van der Waals surface area contributed by atoms with E-state index >= 15 is 0 Å². The van der Waals surface area contributed by atoms with Crippen LogP contribution in [0.2, 0.25) is 0 Å². The fourth-order valence-corrected chi connectivity index (χ4v) is 4.92. The molecule has 0 radical (unpaired) electrons. The van der Waals surface area contributed by atoms with Crippen molar-refractivity contribution in [1.82, 2.24) is 0 Å². The highest BCUT2D eigenvalue weighted by atomic mass is 14.2. The van der Waals surface area contributed by atoms with Gasteiger partial charge in [-0.2, -0.15) is 0 Å². The summed E-state index contributed by atoms with van der Waals surface area (Å²) in [7, 11) is 0. The van der Waals surface area contributed by atoms with Crippen LogP contribution in [0.5, 0.6) is 0 Å². The topological polar surface area (TPSA) is 0 Å². The standard InChI is InChI=1S/C32H34/c1-7-27-23(4)10-8-12-28(27)29-13-9-11-24(5)31(29)20-26-17-15-22(3)19-32(26)30-18-21(2)14-16-25(30)6/h8-19H,7,20H2,1-6H3. The van der Waals surface area contributed by atoms with Gasteiger partial charge in [0.2, 0.25) is 0 Å². The van der Waals surface area contributed by atoms with E-state index in [2.05, 4.69) is 114 Å². The third-order valence-corrected chi connectivity index (χ3v) is 6.78. The van der Waals surface area contributed by atoms with E-state index in [-0.39, 0.29) is 0 Å². The van der Waals surface area contributed by atoms with Crippen LogP contribution in [-0.4, -0.2) is 0 Å². The molecule has 0 spiro atoms. The predicted molar refractivity (Wildman–Crippen MR) is 140 cm³/mol. The van der Waals surface area contributed by atoms with Gasteiger partial charge in [0.15, 0.2) is 0 Å². The molecular weight excluding hydrogens is 384 g/mol. The van der Waals surface area contributed by atoms with Gasteiger partial charge >= 0.3 is 0 Å². The monoisotopic (exact) mass is 418 g/mol. The first-order valence-electron chi connectivity index (χ1n) is 11.7. The molecule has 0 fully saturated rings. The van der Waals surface area contributed by atoms with Gasteiger partial charge in [-0.1, -0.05) is 90.8 Å². The maximum absolute atomic E-state index is 2.36.